The van der Waals surface area contributed by atoms with Crippen LogP contribution in [0.3, 0.4) is 0 Å². The van der Waals surface area contributed by atoms with Crippen molar-refractivity contribution in [3.8, 4) is 0 Å². The molecule has 4 aliphatic rings. The Hall–Kier alpha value is -0.720. The van der Waals surface area contributed by atoms with Crippen molar-refractivity contribution in [1.29, 1.82) is 0 Å². The summed E-state index contributed by atoms with van der Waals surface area (Å²) in [4.78, 5) is 0. The summed E-state index contributed by atoms with van der Waals surface area (Å²) in [6, 6.07) is 0. The fourth-order valence-corrected chi connectivity index (χ4v) is 5.39. The van der Waals surface area contributed by atoms with Crippen LogP contribution in [0.25, 0.3) is 0 Å². The Balaban J connectivity index is 1.43. The second kappa shape index (κ2) is 14.1. The molecule has 19 atom stereocenters. The van der Waals surface area contributed by atoms with E-state index in [1.807, 2.05) is 0 Å². The lowest BCUT2D eigenvalue weighted by Crippen LogP contribution is -2.66. The van der Waals surface area contributed by atoms with Gasteiger partial charge in [-0.2, -0.15) is 0 Å². The third kappa shape index (κ3) is 6.91. The molecule has 0 aliphatic carbocycles. The maximum Gasteiger partial charge on any atom is 0.187 e. The van der Waals surface area contributed by atoms with Crippen LogP contribution in [0.15, 0.2) is 0 Å². The molecule has 0 radical (unpaired) electrons. The van der Waals surface area contributed by atoms with Crippen LogP contribution in [-0.2, 0) is 33.2 Å². The highest BCUT2D eigenvalue weighted by molar-refractivity contribution is 4.96. The van der Waals surface area contributed by atoms with Gasteiger partial charge in [0.1, 0.15) is 73.2 Å². The Bertz CT molecular complexity index is 854. The van der Waals surface area contributed by atoms with Gasteiger partial charge in [0.2, 0.25) is 0 Å². The van der Waals surface area contributed by atoms with Gasteiger partial charge in [0.15, 0.2) is 25.2 Å². The Morgan fingerprint density at radius 2 is 1.00 bits per heavy atom. The van der Waals surface area contributed by atoms with Gasteiger partial charge in [-0.15, -0.1) is 0 Å². The van der Waals surface area contributed by atoms with Crippen LogP contribution in [0.1, 0.15) is 20.3 Å². The summed E-state index contributed by atoms with van der Waals surface area (Å²) in [7, 11) is 0. The highest BCUT2D eigenvalue weighted by Gasteiger charge is 2.53. The van der Waals surface area contributed by atoms with Gasteiger partial charge in [-0.1, -0.05) is 0 Å². The molecule has 0 aromatic carbocycles. The fraction of sp³-hybridized carbons (Fsp3) is 1.00. The molecule has 4 saturated heterocycles. The molecule has 42 heavy (non-hydrogen) atoms. The minimum Gasteiger partial charge on any atom is -0.394 e. The first kappa shape index (κ1) is 34.2. The summed E-state index contributed by atoms with van der Waals surface area (Å²) in [5.74, 6) is 0. The highest BCUT2D eigenvalue weighted by atomic mass is 16.8. The topological polar surface area (TPSA) is 287 Å². The standard InChI is InChI=1S/C24H42O18/c1-6-8(27)3-9(28)22(36-6)41-20-13(30)11(5-26)39-24(17(20)34)40-18-7(2)37-23(15(32)14(18)31)42-19-12(29)10(4-25)38-21(35)16(19)33/h6-35H,3-5H2,1-2H3/t6-,7+,8+,9-,10-,11-,12+,13-,14+,15-,16-,17+,18+,19+,20+,21+,22-,23+,24-/m1/s1. The molecule has 4 rings (SSSR count). The van der Waals surface area contributed by atoms with Crippen molar-refractivity contribution in [2.45, 2.75) is 137 Å². The van der Waals surface area contributed by atoms with Crippen LogP contribution >= 0.6 is 0 Å². The first-order valence-corrected chi connectivity index (χ1v) is 13.7. The lowest BCUT2D eigenvalue weighted by atomic mass is 9.96. The molecule has 0 amide bonds. The molecular weight excluding hydrogens is 576 g/mol. The number of rotatable bonds is 8. The van der Waals surface area contributed by atoms with E-state index in [1.54, 1.807) is 0 Å². The average molecular weight is 619 g/mol. The molecular formula is C24H42O18. The summed E-state index contributed by atoms with van der Waals surface area (Å²) in [5, 5.41) is 113. The first-order chi connectivity index (χ1) is 19.8. The number of hydrogen-bond donors (Lipinski definition) is 11. The third-order valence-corrected chi connectivity index (χ3v) is 8.00. The summed E-state index contributed by atoms with van der Waals surface area (Å²) < 4.78 is 38.3. The van der Waals surface area contributed by atoms with Gasteiger partial charge in [0.05, 0.1) is 31.5 Å². The normalized spacial score (nSPS) is 54.1. The minimum absolute atomic E-state index is 0.101. The summed E-state index contributed by atoms with van der Waals surface area (Å²) in [6.07, 6.45) is -28.5. The molecule has 4 fully saturated rings. The van der Waals surface area contributed by atoms with E-state index in [9.17, 15) is 56.2 Å². The van der Waals surface area contributed by atoms with Gasteiger partial charge in [0, 0.05) is 6.42 Å². The van der Waals surface area contributed by atoms with Crippen molar-refractivity contribution in [2.75, 3.05) is 13.2 Å². The lowest BCUT2D eigenvalue weighted by molar-refractivity contribution is -0.383. The Morgan fingerprint density at radius 3 is 1.62 bits per heavy atom. The van der Waals surface area contributed by atoms with E-state index in [0.717, 1.165) is 0 Å². The van der Waals surface area contributed by atoms with Gasteiger partial charge in [0.25, 0.3) is 0 Å². The molecule has 4 heterocycles. The quantitative estimate of drug-likeness (QED) is 0.120. The van der Waals surface area contributed by atoms with E-state index in [-0.39, 0.29) is 6.42 Å². The van der Waals surface area contributed by atoms with Gasteiger partial charge >= 0.3 is 0 Å². The molecule has 0 bridgehead atoms. The van der Waals surface area contributed by atoms with E-state index in [0.29, 0.717) is 0 Å². The monoisotopic (exact) mass is 618 g/mol. The third-order valence-electron chi connectivity index (χ3n) is 8.00. The van der Waals surface area contributed by atoms with Crippen LogP contribution in [-0.4, -0.2) is 186 Å². The van der Waals surface area contributed by atoms with Gasteiger partial charge in [-0.3, -0.25) is 0 Å². The minimum atomic E-state index is -1.87. The molecule has 0 aromatic heterocycles. The van der Waals surface area contributed by atoms with Crippen molar-refractivity contribution in [3.05, 3.63) is 0 Å². The van der Waals surface area contributed by atoms with Crippen LogP contribution < -0.4 is 0 Å². The lowest BCUT2D eigenvalue weighted by Gasteiger charge is -2.48. The first-order valence-electron chi connectivity index (χ1n) is 13.7. The van der Waals surface area contributed by atoms with Crippen molar-refractivity contribution in [2.24, 2.45) is 0 Å². The van der Waals surface area contributed by atoms with E-state index >= 15 is 0 Å². The van der Waals surface area contributed by atoms with E-state index < -0.39 is 130 Å². The fourth-order valence-electron chi connectivity index (χ4n) is 5.39. The van der Waals surface area contributed by atoms with Gasteiger partial charge in [-0.25, -0.2) is 0 Å². The zero-order valence-electron chi connectivity index (χ0n) is 22.9. The van der Waals surface area contributed by atoms with Crippen molar-refractivity contribution in [3.63, 3.8) is 0 Å². The van der Waals surface area contributed by atoms with Crippen molar-refractivity contribution < 1.29 is 89.3 Å². The second-order valence-corrected chi connectivity index (χ2v) is 11.0. The van der Waals surface area contributed by atoms with Crippen LogP contribution in [0.4, 0.5) is 0 Å². The van der Waals surface area contributed by atoms with Crippen LogP contribution in [0, 0.1) is 0 Å². The zero-order chi connectivity index (χ0) is 31.0. The summed E-state index contributed by atoms with van der Waals surface area (Å²) >= 11 is 0. The highest BCUT2D eigenvalue weighted by Crippen LogP contribution is 2.33. The molecule has 18 nitrogen and oxygen atoms in total. The molecule has 11 N–H and O–H groups in total. The summed E-state index contributed by atoms with van der Waals surface area (Å²) in [5.41, 5.74) is 0. The number of hydrogen-bond acceptors (Lipinski definition) is 18. The average Bonchev–Trinajstić information content (AvgIpc) is 2.95. The smallest absolute Gasteiger partial charge is 0.187 e. The van der Waals surface area contributed by atoms with Crippen LogP contribution in [0.2, 0.25) is 0 Å². The van der Waals surface area contributed by atoms with E-state index in [2.05, 4.69) is 0 Å². The number of aliphatic hydroxyl groups excluding tert-OH is 11. The van der Waals surface area contributed by atoms with Crippen molar-refractivity contribution in [1.82, 2.24) is 0 Å². The zero-order valence-corrected chi connectivity index (χ0v) is 22.9. The molecule has 0 saturated carbocycles. The molecule has 18 heteroatoms. The predicted octanol–water partition coefficient (Wildman–Crippen LogP) is -6.66. The predicted molar refractivity (Wildman–Crippen MR) is 130 cm³/mol. The van der Waals surface area contributed by atoms with Crippen LogP contribution in [0.5, 0.6) is 0 Å². The molecule has 0 spiro atoms. The SMILES string of the molecule is C[C@@H]1O[C@@H](O[C@@H]2[C@@H](O)[C@@H](O)O[C@H](CO)[C@@H]2O)[C@H](O)[C@H](O)[C@H]1O[C@H]1O[C@H](CO)[C@@H](O)[C@H](O[C@H]2O[C@H](C)[C@@H](O)C[C@H]2O)[C@@H]1O. The Morgan fingerprint density at radius 1 is 0.500 bits per heavy atom. The largest absolute Gasteiger partial charge is 0.394 e. The van der Waals surface area contributed by atoms with E-state index in [1.165, 1.54) is 13.8 Å². The molecule has 4 aliphatic heterocycles. The summed E-state index contributed by atoms with van der Waals surface area (Å²) in [6.45, 7) is 1.47. The second-order valence-electron chi connectivity index (χ2n) is 11.0. The molecule has 0 aromatic rings. The number of aliphatic hydroxyl groups is 11. The molecule has 246 valence electrons. The van der Waals surface area contributed by atoms with E-state index in [4.69, 9.17) is 33.2 Å². The Labute approximate surface area is 240 Å². The van der Waals surface area contributed by atoms with Gasteiger partial charge in [-0.05, 0) is 13.8 Å². The molecule has 0 unspecified atom stereocenters. The maximum atomic E-state index is 11.0. The van der Waals surface area contributed by atoms with Gasteiger partial charge < -0.3 is 89.3 Å². The maximum absolute atomic E-state index is 11.0. The Kier molecular flexibility index (Phi) is 11.5. The van der Waals surface area contributed by atoms with Crippen molar-refractivity contribution >= 4 is 0 Å². The number of ether oxygens (including phenoxy) is 7.